The maximum Gasteiger partial charge on any atom is 0.341 e. The van der Waals surface area contributed by atoms with Crippen molar-refractivity contribution < 1.29 is 18.7 Å². The van der Waals surface area contributed by atoms with Gasteiger partial charge in [0.1, 0.15) is 17.1 Å². The summed E-state index contributed by atoms with van der Waals surface area (Å²) in [5, 5.41) is 9.01. The first-order chi connectivity index (χ1) is 12.3. The maximum absolute atomic E-state index is 15.4. The Labute approximate surface area is 160 Å². The SMILES string of the molecule is C[C@H]1CN(c2c(F)cc3c(=O)c(C(=O)O)cn(C4CC4)c3c2F)C[C@H]1N.Cl. The van der Waals surface area contributed by atoms with Crippen molar-refractivity contribution in [1.82, 2.24) is 4.57 Å². The average Bonchev–Trinajstić information content (AvgIpc) is 3.35. The fraction of sp³-hybridized carbons (Fsp3) is 0.444. The molecule has 1 aliphatic carbocycles. The molecule has 2 aromatic rings. The zero-order valence-electron chi connectivity index (χ0n) is 14.6. The normalized spacial score (nSPS) is 22.1. The van der Waals surface area contributed by atoms with Crippen LogP contribution in [0.4, 0.5) is 14.5 Å². The van der Waals surface area contributed by atoms with Gasteiger partial charge >= 0.3 is 5.97 Å². The molecule has 1 aromatic heterocycles. The van der Waals surface area contributed by atoms with E-state index in [2.05, 4.69) is 0 Å². The monoisotopic (exact) mass is 399 g/mol. The highest BCUT2D eigenvalue weighted by Crippen LogP contribution is 2.40. The molecule has 2 fully saturated rings. The van der Waals surface area contributed by atoms with E-state index < -0.39 is 28.6 Å². The van der Waals surface area contributed by atoms with Gasteiger partial charge in [-0.15, -0.1) is 12.4 Å². The van der Waals surface area contributed by atoms with Gasteiger partial charge in [0.15, 0.2) is 5.82 Å². The quantitative estimate of drug-likeness (QED) is 0.828. The molecule has 27 heavy (non-hydrogen) atoms. The molecule has 2 aliphatic rings. The van der Waals surface area contributed by atoms with Crippen LogP contribution in [0.3, 0.4) is 0 Å². The van der Waals surface area contributed by atoms with E-state index >= 15 is 4.39 Å². The number of pyridine rings is 1. The smallest absolute Gasteiger partial charge is 0.341 e. The number of nitrogens with two attached hydrogens (primary N) is 1. The van der Waals surface area contributed by atoms with Gasteiger partial charge < -0.3 is 20.3 Å². The number of carbonyl (C=O) groups is 1. The molecule has 1 saturated heterocycles. The van der Waals surface area contributed by atoms with Crippen molar-refractivity contribution >= 4 is 35.0 Å². The number of fused-ring (bicyclic) bond motifs is 1. The summed E-state index contributed by atoms with van der Waals surface area (Å²) in [6.45, 7) is 2.66. The Morgan fingerprint density at radius 2 is 1.96 bits per heavy atom. The molecule has 1 aromatic carbocycles. The van der Waals surface area contributed by atoms with Crippen molar-refractivity contribution in [2.24, 2.45) is 11.7 Å². The van der Waals surface area contributed by atoms with Crippen molar-refractivity contribution in [3.05, 3.63) is 39.7 Å². The number of hydrogen-bond acceptors (Lipinski definition) is 4. The minimum Gasteiger partial charge on any atom is -0.477 e. The van der Waals surface area contributed by atoms with Crippen LogP contribution in [-0.4, -0.2) is 34.8 Å². The summed E-state index contributed by atoms with van der Waals surface area (Å²) in [6, 6.07) is 0.684. The molecule has 9 heteroatoms. The van der Waals surface area contributed by atoms with Crippen LogP contribution in [0.25, 0.3) is 10.9 Å². The first-order valence-corrected chi connectivity index (χ1v) is 8.60. The molecular weight excluding hydrogens is 380 g/mol. The standard InChI is InChI=1S/C18H19F2N3O3.ClH/c1-8-5-22(7-13(8)21)16-12(19)4-10-15(14(16)20)23(9-2-3-9)6-11(17(10)24)18(25)26;/h4,6,8-9,13H,2-3,5,7,21H2,1H3,(H,25,26);1H/t8-,13+;/m0./s1. The van der Waals surface area contributed by atoms with Gasteiger partial charge in [0.05, 0.1) is 10.9 Å². The van der Waals surface area contributed by atoms with Crippen LogP contribution in [0.5, 0.6) is 0 Å². The maximum atomic E-state index is 15.4. The van der Waals surface area contributed by atoms with Crippen LogP contribution in [-0.2, 0) is 0 Å². The highest BCUT2D eigenvalue weighted by Gasteiger charge is 2.34. The number of aromatic carboxylic acids is 1. The minimum atomic E-state index is -1.41. The zero-order chi connectivity index (χ0) is 18.7. The zero-order valence-corrected chi connectivity index (χ0v) is 15.4. The Balaban J connectivity index is 0.00000210. The average molecular weight is 400 g/mol. The van der Waals surface area contributed by atoms with Crippen LogP contribution < -0.4 is 16.1 Å². The number of halogens is 3. The van der Waals surface area contributed by atoms with E-state index in [1.165, 1.54) is 10.8 Å². The summed E-state index contributed by atoms with van der Waals surface area (Å²) >= 11 is 0. The first kappa shape index (κ1) is 19.6. The predicted molar refractivity (Wildman–Crippen MR) is 100.0 cm³/mol. The van der Waals surface area contributed by atoms with Crippen molar-refractivity contribution in [1.29, 1.82) is 0 Å². The Morgan fingerprint density at radius 1 is 1.30 bits per heavy atom. The largest absolute Gasteiger partial charge is 0.477 e. The van der Waals surface area contributed by atoms with Crippen molar-refractivity contribution in [2.75, 3.05) is 18.0 Å². The van der Waals surface area contributed by atoms with E-state index in [1.54, 1.807) is 4.90 Å². The fourth-order valence-electron chi connectivity index (χ4n) is 3.69. The topological polar surface area (TPSA) is 88.6 Å². The van der Waals surface area contributed by atoms with E-state index in [9.17, 15) is 19.1 Å². The number of hydrogen-bond donors (Lipinski definition) is 2. The third-order valence-corrected chi connectivity index (χ3v) is 5.34. The Hall–Kier alpha value is -2.19. The molecule has 2 heterocycles. The molecule has 1 aliphatic heterocycles. The van der Waals surface area contributed by atoms with Crippen molar-refractivity contribution in [2.45, 2.75) is 31.8 Å². The highest BCUT2D eigenvalue weighted by molar-refractivity contribution is 5.94. The summed E-state index contributed by atoms with van der Waals surface area (Å²) in [5.41, 5.74) is 4.39. The Morgan fingerprint density at radius 3 is 2.48 bits per heavy atom. The Kier molecular flexibility index (Phi) is 4.90. The summed E-state index contributed by atoms with van der Waals surface area (Å²) in [4.78, 5) is 25.4. The van der Waals surface area contributed by atoms with Gasteiger partial charge in [0.2, 0.25) is 5.43 Å². The molecule has 3 N–H and O–H groups in total. The minimum absolute atomic E-state index is 0. The second-order valence-corrected chi connectivity index (χ2v) is 7.28. The molecule has 2 atom stereocenters. The number of anilines is 1. The predicted octanol–water partition coefficient (Wildman–Crippen LogP) is 2.52. The Bertz CT molecular complexity index is 980. The highest BCUT2D eigenvalue weighted by atomic mass is 35.5. The van der Waals surface area contributed by atoms with E-state index in [4.69, 9.17) is 5.73 Å². The summed E-state index contributed by atoms with van der Waals surface area (Å²) < 4.78 is 31.6. The number of rotatable bonds is 3. The van der Waals surface area contributed by atoms with Crippen molar-refractivity contribution in [3.63, 3.8) is 0 Å². The summed E-state index contributed by atoms with van der Waals surface area (Å²) in [5.74, 6) is -3.03. The van der Waals surface area contributed by atoms with Gasteiger partial charge in [0, 0.05) is 31.4 Å². The van der Waals surface area contributed by atoms with Crippen LogP contribution in [0.1, 0.15) is 36.2 Å². The van der Waals surface area contributed by atoms with Gasteiger partial charge in [-0.2, -0.15) is 0 Å². The van der Waals surface area contributed by atoms with E-state index in [0.717, 1.165) is 18.9 Å². The van der Waals surface area contributed by atoms with Crippen LogP contribution in [0, 0.1) is 17.6 Å². The van der Waals surface area contributed by atoms with Gasteiger partial charge in [-0.25, -0.2) is 13.6 Å². The van der Waals surface area contributed by atoms with Gasteiger partial charge in [-0.1, -0.05) is 6.92 Å². The lowest BCUT2D eigenvalue weighted by atomic mass is 10.1. The lowest BCUT2D eigenvalue weighted by Crippen LogP contribution is -2.29. The molecule has 0 unspecified atom stereocenters. The van der Waals surface area contributed by atoms with Gasteiger partial charge in [-0.05, 0) is 24.8 Å². The molecule has 0 radical (unpaired) electrons. The summed E-state index contributed by atoms with van der Waals surface area (Å²) in [6.07, 6.45) is 2.69. The molecule has 0 bridgehead atoms. The second-order valence-electron chi connectivity index (χ2n) is 7.28. The third-order valence-electron chi connectivity index (χ3n) is 5.34. The van der Waals surface area contributed by atoms with Crippen LogP contribution in [0.2, 0.25) is 0 Å². The van der Waals surface area contributed by atoms with Crippen LogP contribution >= 0.6 is 12.4 Å². The lowest BCUT2D eigenvalue weighted by Gasteiger charge is -2.22. The van der Waals surface area contributed by atoms with E-state index in [1.807, 2.05) is 6.92 Å². The number of carboxylic acid groups (broad SMARTS) is 1. The molecule has 146 valence electrons. The molecule has 0 spiro atoms. The lowest BCUT2D eigenvalue weighted by molar-refractivity contribution is 0.0695. The molecule has 0 amide bonds. The molecular formula is C18H20ClF2N3O3. The number of aromatic nitrogens is 1. The molecule has 1 saturated carbocycles. The molecule has 6 nitrogen and oxygen atoms in total. The van der Waals surface area contributed by atoms with E-state index in [0.29, 0.717) is 13.1 Å². The number of nitrogens with zero attached hydrogens (tertiary/aromatic N) is 2. The van der Waals surface area contributed by atoms with E-state index in [-0.39, 0.29) is 47.0 Å². The van der Waals surface area contributed by atoms with Crippen molar-refractivity contribution in [3.8, 4) is 0 Å². The fourth-order valence-corrected chi connectivity index (χ4v) is 3.69. The number of benzene rings is 1. The third kappa shape index (κ3) is 3.06. The van der Waals surface area contributed by atoms with Crippen LogP contribution in [0.15, 0.2) is 17.1 Å². The summed E-state index contributed by atoms with van der Waals surface area (Å²) in [7, 11) is 0. The first-order valence-electron chi connectivity index (χ1n) is 8.60. The van der Waals surface area contributed by atoms with Gasteiger partial charge in [0.25, 0.3) is 0 Å². The number of carboxylic acids is 1. The van der Waals surface area contributed by atoms with Gasteiger partial charge in [-0.3, -0.25) is 4.79 Å². The second kappa shape index (κ2) is 6.76. The molecule has 4 rings (SSSR count).